The molecular weight excluding hydrogens is 106 g/mol. The van der Waals surface area contributed by atoms with Crippen LogP contribution >= 0.6 is 10.5 Å². The lowest BCUT2D eigenvalue weighted by Gasteiger charge is -2.27. The first-order valence-corrected chi connectivity index (χ1v) is 4.32. The predicted molar refractivity (Wildman–Crippen MR) is 37.3 cm³/mol. The molecule has 0 spiro atoms. The Labute approximate surface area is 47.0 Å². The van der Waals surface area contributed by atoms with Crippen LogP contribution in [0, 0.1) is 0 Å². The molecule has 0 amide bonds. The summed E-state index contributed by atoms with van der Waals surface area (Å²) in [5, 5.41) is 4.10. The average Bonchev–Trinajstić information content (AvgIpc) is 1.23. The minimum atomic E-state index is 0.414. The number of nitrogens with one attached hydrogen (secondary N) is 1. The van der Waals surface area contributed by atoms with Gasteiger partial charge in [-0.1, -0.05) is 5.87 Å². The maximum Gasteiger partial charge on any atom is 0.0239 e. The molecule has 1 atom stereocenters. The zero-order valence-electron chi connectivity index (χ0n) is 4.61. The molecule has 42 valence electrons. The van der Waals surface area contributed by atoms with E-state index in [0.29, 0.717) is 10.5 Å². The molecule has 1 saturated heterocycles. The summed E-state index contributed by atoms with van der Waals surface area (Å²) >= 11 is 0. The highest BCUT2D eigenvalue weighted by atomic mass is 32.2. The Morgan fingerprint density at radius 3 is 2.29 bits per heavy atom. The van der Waals surface area contributed by atoms with E-state index in [-0.39, 0.29) is 0 Å². The molecule has 1 aliphatic heterocycles. The first-order valence-electron chi connectivity index (χ1n) is 2.46. The molecule has 0 aromatic carbocycles. The number of rotatable bonds is 1. The summed E-state index contributed by atoms with van der Waals surface area (Å²) in [5.41, 5.74) is 0. The van der Waals surface area contributed by atoms with Crippen molar-refractivity contribution in [2.45, 2.75) is 5.25 Å². The third-order valence-corrected chi connectivity index (χ3v) is 2.78. The Kier molecular flexibility index (Phi) is 1.50. The van der Waals surface area contributed by atoms with Crippen LogP contribution in [0.5, 0.6) is 0 Å². The van der Waals surface area contributed by atoms with E-state index in [1.165, 1.54) is 13.1 Å². The Morgan fingerprint density at radius 2 is 2.29 bits per heavy atom. The van der Waals surface area contributed by atoms with E-state index < -0.39 is 0 Å². The van der Waals surface area contributed by atoms with Gasteiger partial charge in [0.15, 0.2) is 0 Å². The van der Waals surface area contributed by atoms with Crippen molar-refractivity contribution in [2.75, 3.05) is 19.3 Å². The summed E-state index contributed by atoms with van der Waals surface area (Å²) < 4.78 is 0. The molecule has 2 heteroatoms. The molecule has 0 saturated carbocycles. The molecule has 1 nitrogen and oxygen atoms in total. The van der Waals surface area contributed by atoms with Gasteiger partial charge in [0, 0.05) is 18.3 Å². The van der Waals surface area contributed by atoms with Gasteiger partial charge in [0.25, 0.3) is 0 Å². The maximum atomic E-state index is 3.95. The van der Waals surface area contributed by atoms with Crippen molar-refractivity contribution in [3.8, 4) is 0 Å². The van der Waals surface area contributed by atoms with Crippen molar-refractivity contribution in [1.29, 1.82) is 0 Å². The van der Waals surface area contributed by atoms with Crippen LogP contribution in [0.1, 0.15) is 0 Å². The van der Waals surface area contributed by atoms with Crippen LogP contribution in [0.3, 0.4) is 0 Å². The second-order valence-corrected chi connectivity index (χ2v) is 4.02. The van der Waals surface area contributed by atoms with E-state index in [0.717, 1.165) is 5.25 Å². The topological polar surface area (TPSA) is 12.0 Å². The molecule has 0 bridgehead atoms. The highest BCUT2D eigenvalue weighted by molar-refractivity contribution is 8.14. The fourth-order valence-electron chi connectivity index (χ4n) is 0.547. The third-order valence-electron chi connectivity index (χ3n) is 1.31. The Bertz CT molecular complexity index is 86.1. The number of hydrogen-bond donors (Lipinski definition) is 1. The summed E-state index contributed by atoms with van der Waals surface area (Å²) in [5.74, 6) is 3.95. The van der Waals surface area contributed by atoms with E-state index >= 15 is 0 Å². The molecule has 1 rings (SSSR count). The molecule has 0 aromatic rings. The first-order chi connectivity index (χ1) is 3.30. The minimum Gasteiger partial charge on any atom is -0.314 e. The second kappa shape index (κ2) is 1.97. The lowest BCUT2D eigenvalue weighted by Crippen LogP contribution is -2.45. The second-order valence-electron chi connectivity index (χ2n) is 1.97. The maximum absolute atomic E-state index is 3.95. The largest absolute Gasteiger partial charge is 0.314 e. The monoisotopic (exact) mass is 117 g/mol. The smallest absolute Gasteiger partial charge is 0.0239 e. The van der Waals surface area contributed by atoms with Gasteiger partial charge in [0.2, 0.25) is 0 Å². The molecule has 1 fully saturated rings. The van der Waals surface area contributed by atoms with E-state index in [9.17, 15) is 0 Å². The van der Waals surface area contributed by atoms with Crippen LogP contribution in [-0.4, -0.2) is 30.5 Å². The molecule has 1 N–H and O–H groups in total. The van der Waals surface area contributed by atoms with Gasteiger partial charge in [-0.05, 0) is 6.26 Å². The Morgan fingerprint density at radius 1 is 1.71 bits per heavy atom. The third kappa shape index (κ3) is 1.04. The lowest BCUT2D eigenvalue weighted by molar-refractivity contribution is 0.544. The van der Waals surface area contributed by atoms with Crippen molar-refractivity contribution in [3.05, 3.63) is 0 Å². The van der Waals surface area contributed by atoms with Crippen LogP contribution in [0.25, 0.3) is 0 Å². The van der Waals surface area contributed by atoms with Crippen LogP contribution in [0.15, 0.2) is 0 Å². The predicted octanol–water partition coefficient (Wildman–Crippen LogP) is 0.289. The first kappa shape index (κ1) is 5.32. The quantitative estimate of drug-likeness (QED) is 0.487. The molecule has 0 aromatic heterocycles. The molecule has 0 radical (unpaired) electrons. The van der Waals surface area contributed by atoms with Crippen molar-refractivity contribution < 1.29 is 0 Å². The highest BCUT2D eigenvalue weighted by Crippen LogP contribution is 2.15. The molecule has 7 heavy (non-hydrogen) atoms. The standard InChI is InChI=1S/C5H11NS/c1-7(2)5-3-6-4-5/h5-6H,1,3-4H2,2H3. The average molecular weight is 117 g/mol. The summed E-state index contributed by atoms with van der Waals surface area (Å²) in [6.07, 6.45) is 2.20. The zero-order chi connectivity index (χ0) is 5.28. The Balaban J connectivity index is 2.27. The highest BCUT2D eigenvalue weighted by Gasteiger charge is 2.15. The van der Waals surface area contributed by atoms with Gasteiger partial charge in [-0.2, -0.15) is 10.5 Å². The van der Waals surface area contributed by atoms with Gasteiger partial charge in [-0.15, -0.1) is 0 Å². The van der Waals surface area contributed by atoms with Crippen molar-refractivity contribution >= 4 is 16.4 Å². The van der Waals surface area contributed by atoms with Gasteiger partial charge >= 0.3 is 0 Å². The summed E-state index contributed by atoms with van der Waals surface area (Å²) in [6, 6.07) is 0. The van der Waals surface area contributed by atoms with Crippen molar-refractivity contribution in [3.63, 3.8) is 0 Å². The summed E-state index contributed by atoms with van der Waals surface area (Å²) in [6.45, 7) is 2.40. The fourth-order valence-corrected chi connectivity index (χ4v) is 1.35. The lowest BCUT2D eigenvalue weighted by atomic mass is 10.3. The van der Waals surface area contributed by atoms with Gasteiger partial charge < -0.3 is 5.32 Å². The van der Waals surface area contributed by atoms with Crippen molar-refractivity contribution in [1.82, 2.24) is 5.32 Å². The van der Waals surface area contributed by atoms with Gasteiger partial charge in [-0.3, -0.25) is 0 Å². The fraction of sp³-hybridized carbons (Fsp3) is 0.800. The van der Waals surface area contributed by atoms with Crippen LogP contribution < -0.4 is 5.32 Å². The zero-order valence-corrected chi connectivity index (χ0v) is 5.42. The van der Waals surface area contributed by atoms with E-state index in [4.69, 9.17) is 0 Å². The van der Waals surface area contributed by atoms with Gasteiger partial charge in [-0.25, -0.2) is 0 Å². The summed E-state index contributed by atoms with van der Waals surface area (Å²) in [7, 11) is 0.414. The van der Waals surface area contributed by atoms with Gasteiger partial charge in [0.05, 0.1) is 0 Å². The van der Waals surface area contributed by atoms with Crippen molar-refractivity contribution in [2.24, 2.45) is 0 Å². The Hall–Kier alpha value is 0.180. The molecule has 1 unspecified atom stereocenters. The SMILES string of the molecule is C=S(C)C1CNC1. The normalized spacial score (nSPS) is 26.4. The van der Waals surface area contributed by atoms with E-state index in [1.807, 2.05) is 0 Å². The minimum absolute atomic E-state index is 0.414. The van der Waals surface area contributed by atoms with E-state index in [2.05, 4.69) is 17.4 Å². The van der Waals surface area contributed by atoms with Crippen LogP contribution in [0.2, 0.25) is 0 Å². The molecule has 0 aliphatic carbocycles. The van der Waals surface area contributed by atoms with E-state index in [1.54, 1.807) is 0 Å². The molecule has 1 heterocycles. The summed E-state index contributed by atoms with van der Waals surface area (Å²) in [4.78, 5) is 0. The number of hydrogen-bond acceptors (Lipinski definition) is 1. The van der Waals surface area contributed by atoms with Crippen LogP contribution in [-0.2, 0) is 0 Å². The van der Waals surface area contributed by atoms with Crippen LogP contribution in [0.4, 0.5) is 0 Å². The molecular formula is C5H11NS. The molecule has 1 aliphatic rings. The van der Waals surface area contributed by atoms with Gasteiger partial charge in [0.1, 0.15) is 0 Å².